The molecular weight excluding hydrogens is 390 g/mol. The van der Waals surface area contributed by atoms with Gasteiger partial charge in [0.1, 0.15) is 12.6 Å². The standard InChI is InChI=1S/C26H27NO4/c1-26(2,3)24-27(25(29)30-17-18-10-5-4-6-11-18)22(23(28)31-24)16-20-14-9-13-19-12-7-8-15-21(19)20/h4-15,22,24H,16-17H2,1-3H3/t22-,24+/m1/s1. The van der Waals surface area contributed by atoms with Gasteiger partial charge in [-0.25, -0.2) is 9.59 Å². The van der Waals surface area contributed by atoms with Crippen LogP contribution in [0.2, 0.25) is 0 Å². The van der Waals surface area contributed by atoms with Crippen LogP contribution in [0, 0.1) is 5.41 Å². The van der Waals surface area contributed by atoms with Gasteiger partial charge in [0.05, 0.1) is 0 Å². The molecule has 0 saturated carbocycles. The average Bonchev–Trinajstić information content (AvgIpc) is 3.10. The monoisotopic (exact) mass is 417 g/mol. The van der Waals surface area contributed by atoms with Crippen molar-refractivity contribution in [3.8, 4) is 0 Å². The highest BCUT2D eigenvalue weighted by Crippen LogP contribution is 2.35. The highest BCUT2D eigenvalue weighted by atomic mass is 16.6. The summed E-state index contributed by atoms with van der Waals surface area (Å²) in [6, 6.07) is 22.8. The summed E-state index contributed by atoms with van der Waals surface area (Å²) in [5.74, 6) is -0.399. The Morgan fingerprint density at radius 1 is 0.968 bits per heavy atom. The highest BCUT2D eigenvalue weighted by molar-refractivity contribution is 5.88. The Hall–Kier alpha value is -3.34. The summed E-state index contributed by atoms with van der Waals surface area (Å²) >= 11 is 0. The zero-order valence-corrected chi connectivity index (χ0v) is 18.1. The van der Waals surface area contributed by atoms with Gasteiger partial charge in [0.2, 0.25) is 0 Å². The number of esters is 1. The number of nitrogens with zero attached hydrogens (tertiary/aromatic N) is 1. The van der Waals surface area contributed by atoms with E-state index in [4.69, 9.17) is 9.47 Å². The van der Waals surface area contributed by atoms with Crippen LogP contribution in [0.4, 0.5) is 4.79 Å². The maximum atomic E-state index is 13.2. The predicted octanol–water partition coefficient (Wildman–Crippen LogP) is 5.32. The normalized spacial score (nSPS) is 18.8. The third-order valence-corrected chi connectivity index (χ3v) is 5.54. The van der Waals surface area contributed by atoms with Crippen LogP contribution in [0.5, 0.6) is 0 Å². The number of carbonyl (C=O) groups is 2. The lowest BCUT2D eigenvalue weighted by molar-refractivity contribution is -0.147. The van der Waals surface area contributed by atoms with Gasteiger partial charge in [-0.3, -0.25) is 4.90 Å². The minimum atomic E-state index is -0.738. The molecule has 0 radical (unpaired) electrons. The summed E-state index contributed by atoms with van der Waals surface area (Å²) in [5.41, 5.74) is 1.44. The van der Waals surface area contributed by atoms with E-state index in [1.165, 1.54) is 4.90 Å². The first-order chi connectivity index (χ1) is 14.8. The van der Waals surface area contributed by atoms with Gasteiger partial charge in [-0.05, 0) is 21.9 Å². The van der Waals surface area contributed by atoms with Crippen molar-refractivity contribution in [1.29, 1.82) is 0 Å². The lowest BCUT2D eigenvalue weighted by Crippen LogP contribution is -2.48. The second kappa shape index (κ2) is 8.42. The summed E-state index contributed by atoms with van der Waals surface area (Å²) in [5, 5.41) is 2.16. The Bertz CT molecular complexity index is 1080. The Kier molecular flexibility index (Phi) is 5.68. The van der Waals surface area contributed by atoms with Crippen molar-refractivity contribution in [3.63, 3.8) is 0 Å². The van der Waals surface area contributed by atoms with E-state index in [2.05, 4.69) is 0 Å². The fourth-order valence-corrected chi connectivity index (χ4v) is 3.99. The number of carbonyl (C=O) groups excluding carboxylic acids is 2. The molecule has 3 aromatic rings. The van der Waals surface area contributed by atoms with Crippen LogP contribution >= 0.6 is 0 Å². The molecule has 5 heteroatoms. The minimum Gasteiger partial charge on any atom is -0.444 e. The molecule has 2 atom stereocenters. The maximum Gasteiger partial charge on any atom is 0.413 e. The van der Waals surface area contributed by atoms with Crippen LogP contribution in [0.25, 0.3) is 10.8 Å². The Labute approximate surface area is 182 Å². The van der Waals surface area contributed by atoms with Gasteiger partial charge < -0.3 is 9.47 Å². The van der Waals surface area contributed by atoms with Crippen molar-refractivity contribution in [2.45, 2.75) is 46.1 Å². The molecule has 31 heavy (non-hydrogen) atoms. The lowest BCUT2D eigenvalue weighted by Gasteiger charge is -2.33. The summed E-state index contributed by atoms with van der Waals surface area (Å²) in [4.78, 5) is 27.5. The van der Waals surface area contributed by atoms with E-state index in [0.29, 0.717) is 6.42 Å². The number of rotatable bonds is 4. The molecule has 3 aromatic carbocycles. The molecule has 0 aliphatic carbocycles. The molecule has 0 bridgehead atoms. The fourth-order valence-electron chi connectivity index (χ4n) is 3.99. The van der Waals surface area contributed by atoms with Gasteiger partial charge >= 0.3 is 12.1 Å². The Morgan fingerprint density at radius 3 is 2.39 bits per heavy atom. The van der Waals surface area contributed by atoms with Crippen LogP contribution < -0.4 is 0 Å². The molecule has 1 saturated heterocycles. The van der Waals surface area contributed by atoms with Crippen molar-refractivity contribution in [2.75, 3.05) is 0 Å². The molecular formula is C26H27NO4. The van der Waals surface area contributed by atoms with Gasteiger partial charge in [0.25, 0.3) is 0 Å². The lowest BCUT2D eigenvalue weighted by atomic mass is 9.92. The first kappa shape index (κ1) is 20.9. The summed E-state index contributed by atoms with van der Waals surface area (Å²) < 4.78 is 11.3. The molecule has 0 unspecified atom stereocenters. The SMILES string of the molecule is CC(C)(C)[C@@H]1OC(=O)[C@@H](Cc2cccc3ccccc23)N1C(=O)OCc1ccccc1. The molecule has 1 amide bonds. The number of ether oxygens (including phenoxy) is 2. The maximum absolute atomic E-state index is 13.2. The van der Waals surface area contributed by atoms with Gasteiger partial charge in [-0.15, -0.1) is 0 Å². The van der Waals surface area contributed by atoms with Gasteiger partial charge in [-0.1, -0.05) is 93.6 Å². The number of benzene rings is 3. The Morgan fingerprint density at radius 2 is 1.65 bits per heavy atom. The first-order valence-corrected chi connectivity index (χ1v) is 10.5. The average molecular weight is 418 g/mol. The number of fused-ring (bicyclic) bond motifs is 1. The second-order valence-corrected chi connectivity index (χ2v) is 8.96. The van der Waals surface area contributed by atoms with Crippen molar-refractivity contribution < 1.29 is 19.1 Å². The minimum absolute atomic E-state index is 0.141. The van der Waals surface area contributed by atoms with E-state index >= 15 is 0 Å². The Balaban J connectivity index is 1.62. The topological polar surface area (TPSA) is 55.8 Å². The molecule has 0 spiro atoms. The van der Waals surface area contributed by atoms with Crippen molar-refractivity contribution in [1.82, 2.24) is 4.90 Å². The van der Waals surface area contributed by atoms with E-state index in [-0.39, 0.29) is 6.61 Å². The van der Waals surface area contributed by atoms with Crippen LogP contribution in [0.15, 0.2) is 72.8 Å². The molecule has 1 aliphatic rings. The quantitative estimate of drug-likeness (QED) is 0.539. The highest BCUT2D eigenvalue weighted by Gasteiger charge is 2.50. The fraction of sp³-hybridized carbons (Fsp3) is 0.308. The summed E-state index contributed by atoms with van der Waals surface area (Å²) in [6.45, 7) is 5.98. The van der Waals surface area contributed by atoms with Crippen LogP contribution in [-0.4, -0.2) is 29.2 Å². The summed E-state index contributed by atoms with van der Waals surface area (Å²) in [6.07, 6.45) is -0.865. The molecule has 1 aliphatic heterocycles. The van der Waals surface area contributed by atoms with Gasteiger partial charge in [0, 0.05) is 11.8 Å². The molecule has 160 valence electrons. The van der Waals surface area contributed by atoms with E-state index in [9.17, 15) is 9.59 Å². The molecule has 0 N–H and O–H groups in total. The van der Waals surface area contributed by atoms with Gasteiger partial charge in [-0.2, -0.15) is 0 Å². The van der Waals surface area contributed by atoms with E-state index in [1.807, 2.05) is 93.6 Å². The largest absolute Gasteiger partial charge is 0.444 e. The molecule has 5 nitrogen and oxygen atoms in total. The zero-order valence-electron chi connectivity index (χ0n) is 18.1. The third kappa shape index (κ3) is 4.41. The predicted molar refractivity (Wildman–Crippen MR) is 119 cm³/mol. The van der Waals surface area contributed by atoms with E-state index in [0.717, 1.165) is 21.9 Å². The number of cyclic esters (lactones) is 1. The molecule has 0 aromatic heterocycles. The third-order valence-electron chi connectivity index (χ3n) is 5.54. The molecule has 1 heterocycles. The van der Waals surface area contributed by atoms with Crippen molar-refractivity contribution >= 4 is 22.8 Å². The van der Waals surface area contributed by atoms with Crippen molar-refractivity contribution in [2.24, 2.45) is 5.41 Å². The number of hydrogen-bond acceptors (Lipinski definition) is 4. The van der Waals surface area contributed by atoms with Crippen LogP contribution in [-0.2, 0) is 27.3 Å². The van der Waals surface area contributed by atoms with E-state index < -0.39 is 29.7 Å². The summed E-state index contributed by atoms with van der Waals surface area (Å²) in [7, 11) is 0. The van der Waals surface area contributed by atoms with Crippen LogP contribution in [0.1, 0.15) is 31.9 Å². The zero-order chi connectivity index (χ0) is 22.0. The smallest absolute Gasteiger partial charge is 0.413 e. The molecule has 4 rings (SSSR count). The molecule has 1 fully saturated rings. The number of amides is 1. The second-order valence-electron chi connectivity index (χ2n) is 8.96. The first-order valence-electron chi connectivity index (χ1n) is 10.5. The van der Waals surface area contributed by atoms with Crippen LogP contribution in [0.3, 0.4) is 0 Å². The van der Waals surface area contributed by atoms with E-state index in [1.54, 1.807) is 0 Å². The van der Waals surface area contributed by atoms with Gasteiger partial charge in [0.15, 0.2) is 6.23 Å². The number of hydrogen-bond donors (Lipinski definition) is 0. The van der Waals surface area contributed by atoms with Crippen molar-refractivity contribution in [3.05, 3.63) is 83.9 Å².